The van der Waals surface area contributed by atoms with Crippen molar-refractivity contribution in [3.63, 3.8) is 0 Å². The molecule has 5 nitrogen and oxygen atoms in total. The standard InChI is InChI=1S/C18H17NO4/c1-13(17(20)21)11-12-23-18(22)19-16-10-6-5-9-15(16)14-7-3-2-4-8-14/h2-10H,1,11-12H2,(H,19,22)(H,20,21). The molecule has 0 atom stereocenters. The summed E-state index contributed by atoms with van der Waals surface area (Å²) in [5.41, 5.74) is 2.48. The fourth-order valence-corrected chi connectivity index (χ4v) is 1.98. The number of carbonyl (C=O) groups is 2. The van der Waals surface area contributed by atoms with E-state index in [4.69, 9.17) is 9.84 Å². The third-order valence-corrected chi connectivity index (χ3v) is 3.19. The molecule has 0 saturated heterocycles. The average molecular weight is 311 g/mol. The third-order valence-electron chi connectivity index (χ3n) is 3.19. The van der Waals surface area contributed by atoms with Gasteiger partial charge >= 0.3 is 12.1 Å². The van der Waals surface area contributed by atoms with Crippen molar-refractivity contribution in [2.24, 2.45) is 0 Å². The van der Waals surface area contributed by atoms with Gasteiger partial charge in [0.05, 0.1) is 12.3 Å². The van der Waals surface area contributed by atoms with Crippen molar-refractivity contribution < 1.29 is 19.4 Å². The van der Waals surface area contributed by atoms with Crippen molar-refractivity contribution in [3.8, 4) is 11.1 Å². The molecule has 2 aromatic carbocycles. The van der Waals surface area contributed by atoms with Gasteiger partial charge in [-0.1, -0.05) is 55.1 Å². The fourth-order valence-electron chi connectivity index (χ4n) is 1.98. The lowest BCUT2D eigenvalue weighted by molar-refractivity contribution is -0.132. The van der Waals surface area contributed by atoms with Gasteiger partial charge in [0.15, 0.2) is 0 Å². The van der Waals surface area contributed by atoms with Crippen LogP contribution in [0.2, 0.25) is 0 Å². The molecule has 2 rings (SSSR count). The number of carboxylic acids is 1. The van der Waals surface area contributed by atoms with E-state index in [1.54, 1.807) is 6.07 Å². The van der Waals surface area contributed by atoms with Crippen LogP contribution in [0.4, 0.5) is 10.5 Å². The number of rotatable bonds is 6. The maximum atomic E-state index is 11.8. The zero-order valence-corrected chi connectivity index (χ0v) is 12.5. The molecule has 0 fully saturated rings. The number of aliphatic carboxylic acids is 1. The number of carboxylic acid groups (broad SMARTS) is 1. The zero-order valence-electron chi connectivity index (χ0n) is 12.5. The summed E-state index contributed by atoms with van der Waals surface area (Å²) in [4.78, 5) is 22.4. The molecule has 0 spiro atoms. The molecule has 0 aliphatic carbocycles. The highest BCUT2D eigenvalue weighted by molar-refractivity contribution is 5.91. The molecule has 1 amide bonds. The lowest BCUT2D eigenvalue weighted by Crippen LogP contribution is -2.16. The van der Waals surface area contributed by atoms with Crippen molar-refractivity contribution in [3.05, 3.63) is 66.7 Å². The summed E-state index contributed by atoms with van der Waals surface area (Å²) >= 11 is 0. The monoisotopic (exact) mass is 311 g/mol. The number of carbonyl (C=O) groups excluding carboxylic acids is 1. The maximum Gasteiger partial charge on any atom is 0.411 e. The average Bonchev–Trinajstić information content (AvgIpc) is 2.56. The molecule has 23 heavy (non-hydrogen) atoms. The largest absolute Gasteiger partial charge is 0.478 e. The van der Waals surface area contributed by atoms with Crippen molar-refractivity contribution in [1.29, 1.82) is 0 Å². The van der Waals surface area contributed by atoms with Crippen molar-refractivity contribution in [2.75, 3.05) is 11.9 Å². The number of benzene rings is 2. The van der Waals surface area contributed by atoms with Crippen molar-refractivity contribution in [2.45, 2.75) is 6.42 Å². The van der Waals surface area contributed by atoms with Crippen LogP contribution in [0.15, 0.2) is 66.7 Å². The van der Waals surface area contributed by atoms with Gasteiger partial charge in [-0.25, -0.2) is 9.59 Å². The van der Waals surface area contributed by atoms with E-state index < -0.39 is 12.1 Å². The third kappa shape index (κ3) is 4.71. The molecule has 2 aromatic rings. The Labute approximate surface area is 134 Å². The van der Waals surface area contributed by atoms with Crippen LogP contribution in [0, 0.1) is 0 Å². The molecule has 0 unspecified atom stereocenters. The highest BCUT2D eigenvalue weighted by Gasteiger charge is 2.10. The van der Waals surface area contributed by atoms with E-state index in [2.05, 4.69) is 11.9 Å². The van der Waals surface area contributed by atoms with E-state index in [9.17, 15) is 9.59 Å². The number of para-hydroxylation sites is 1. The number of amides is 1. The molecule has 0 aliphatic heterocycles. The van der Waals surface area contributed by atoms with Crippen LogP contribution in [0.3, 0.4) is 0 Å². The fraction of sp³-hybridized carbons (Fsp3) is 0.111. The Morgan fingerprint density at radius 2 is 1.70 bits per heavy atom. The van der Waals surface area contributed by atoms with Crippen LogP contribution in [-0.4, -0.2) is 23.8 Å². The summed E-state index contributed by atoms with van der Waals surface area (Å²) in [6.07, 6.45) is -0.546. The lowest BCUT2D eigenvalue weighted by atomic mass is 10.0. The summed E-state index contributed by atoms with van der Waals surface area (Å²) in [5, 5.41) is 11.4. The molecular formula is C18H17NO4. The van der Waals surface area contributed by atoms with Crippen molar-refractivity contribution in [1.82, 2.24) is 0 Å². The van der Waals surface area contributed by atoms with Crippen LogP contribution in [-0.2, 0) is 9.53 Å². The summed E-state index contributed by atoms with van der Waals surface area (Å²) in [6, 6.07) is 17.0. The number of nitrogens with one attached hydrogen (secondary N) is 1. The minimum Gasteiger partial charge on any atom is -0.478 e. The Hall–Kier alpha value is -3.08. The first-order chi connectivity index (χ1) is 11.1. The van der Waals surface area contributed by atoms with Crippen LogP contribution >= 0.6 is 0 Å². The highest BCUT2D eigenvalue weighted by atomic mass is 16.5. The van der Waals surface area contributed by atoms with E-state index in [1.165, 1.54) is 0 Å². The molecule has 5 heteroatoms. The van der Waals surface area contributed by atoms with Gasteiger partial charge in [0, 0.05) is 17.6 Å². The van der Waals surface area contributed by atoms with Gasteiger partial charge in [0.1, 0.15) is 0 Å². The Morgan fingerprint density at radius 1 is 1.04 bits per heavy atom. The van der Waals surface area contributed by atoms with E-state index in [1.807, 2.05) is 48.5 Å². The second kappa shape index (κ2) is 7.79. The van der Waals surface area contributed by atoms with Crippen molar-refractivity contribution >= 4 is 17.7 Å². The highest BCUT2D eigenvalue weighted by Crippen LogP contribution is 2.27. The molecular weight excluding hydrogens is 294 g/mol. The summed E-state index contributed by atoms with van der Waals surface area (Å²) in [7, 11) is 0. The summed E-state index contributed by atoms with van der Waals surface area (Å²) in [6.45, 7) is 3.34. The molecule has 2 N–H and O–H groups in total. The van der Waals surface area contributed by atoms with E-state index in [-0.39, 0.29) is 18.6 Å². The molecule has 0 saturated carbocycles. The van der Waals surface area contributed by atoms with Gasteiger partial charge in [0.25, 0.3) is 0 Å². The molecule has 0 bridgehead atoms. The van der Waals surface area contributed by atoms with E-state index in [0.29, 0.717) is 5.69 Å². The Kier molecular flexibility index (Phi) is 5.52. The van der Waals surface area contributed by atoms with Gasteiger partial charge in [-0.3, -0.25) is 5.32 Å². The Morgan fingerprint density at radius 3 is 2.39 bits per heavy atom. The van der Waals surface area contributed by atoms with Gasteiger partial charge in [-0.05, 0) is 11.6 Å². The minimum absolute atomic E-state index is 0.00230. The second-order valence-corrected chi connectivity index (χ2v) is 4.83. The maximum absolute atomic E-state index is 11.8. The number of ether oxygens (including phenoxy) is 1. The predicted molar refractivity (Wildman–Crippen MR) is 88.2 cm³/mol. The van der Waals surface area contributed by atoms with Gasteiger partial charge in [-0.2, -0.15) is 0 Å². The van der Waals surface area contributed by atoms with E-state index in [0.717, 1.165) is 11.1 Å². The Balaban J connectivity index is 1.99. The topological polar surface area (TPSA) is 75.6 Å². The van der Waals surface area contributed by atoms with E-state index >= 15 is 0 Å². The van der Waals surface area contributed by atoms with Crippen LogP contribution < -0.4 is 5.32 Å². The first kappa shape index (κ1) is 16.3. The predicted octanol–water partition coefficient (Wildman–Crippen LogP) is 3.93. The van der Waals surface area contributed by atoms with Gasteiger partial charge < -0.3 is 9.84 Å². The molecule has 0 aromatic heterocycles. The molecule has 0 aliphatic rings. The molecule has 0 radical (unpaired) electrons. The minimum atomic E-state index is -1.09. The second-order valence-electron chi connectivity index (χ2n) is 4.83. The van der Waals surface area contributed by atoms with Gasteiger partial charge in [0.2, 0.25) is 0 Å². The number of hydrogen-bond acceptors (Lipinski definition) is 3. The quantitative estimate of drug-likeness (QED) is 0.792. The number of hydrogen-bond donors (Lipinski definition) is 2. The number of anilines is 1. The first-order valence-corrected chi connectivity index (χ1v) is 7.07. The molecule has 0 heterocycles. The first-order valence-electron chi connectivity index (χ1n) is 7.07. The van der Waals surface area contributed by atoms with Gasteiger partial charge in [-0.15, -0.1) is 0 Å². The SMILES string of the molecule is C=C(CCOC(=O)Nc1ccccc1-c1ccccc1)C(=O)O. The lowest BCUT2D eigenvalue weighted by Gasteiger charge is -2.11. The normalized spacial score (nSPS) is 9.91. The van der Waals surface area contributed by atoms with Crippen LogP contribution in [0.1, 0.15) is 6.42 Å². The summed E-state index contributed by atoms with van der Waals surface area (Å²) in [5.74, 6) is -1.09. The smallest absolute Gasteiger partial charge is 0.411 e. The van der Waals surface area contributed by atoms with Crippen LogP contribution in [0.5, 0.6) is 0 Å². The zero-order chi connectivity index (χ0) is 16.7. The molecule has 118 valence electrons. The van der Waals surface area contributed by atoms with Crippen LogP contribution in [0.25, 0.3) is 11.1 Å². The summed E-state index contributed by atoms with van der Waals surface area (Å²) < 4.78 is 4.98. The Bertz CT molecular complexity index is 710.